The summed E-state index contributed by atoms with van der Waals surface area (Å²) in [5.41, 5.74) is -1.10. The lowest BCUT2D eigenvalue weighted by Crippen LogP contribution is -2.46. The van der Waals surface area contributed by atoms with Crippen molar-refractivity contribution in [3.05, 3.63) is 28.5 Å². The Morgan fingerprint density at radius 3 is 2.55 bits per heavy atom. The van der Waals surface area contributed by atoms with E-state index in [0.29, 0.717) is 4.47 Å². The van der Waals surface area contributed by atoms with E-state index in [2.05, 4.69) is 20.7 Å². The Kier molecular flexibility index (Phi) is 4.00. The number of sulfonamides is 1. The SMILES string of the molecule is CC1(NS(=O)(=O)c2ccc(Br)cc2F)CCS(=O)(=O)C1. The zero-order valence-corrected chi connectivity index (χ0v) is 13.8. The molecule has 1 atom stereocenters. The summed E-state index contributed by atoms with van der Waals surface area (Å²) < 4.78 is 63.7. The number of halogens is 2. The Hall–Kier alpha value is -0.510. The lowest BCUT2D eigenvalue weighted by atomic mass is 10.0. The quantitative estimate of drug-likeness (QED) is 0.853. The van der Waals surface area contributed by atoms with Crippen molar-refractivity contribution in [3.8, 4) is 0 Å². The highest BCUT2D eigenvalue weighted by molar-refractivity contribution is 9.10. The van der Waals surface area contributed by atoms with E-state index in [1.807, 2.05) is 0 Å². The van der Waals surface area contributed by atoms with Crippen molar-refractivity contribution in [2.75, 3.05) is 11.5 Å². The molecule has 1 aromatic rings. The van der Waals surface area contributed by atoms with Gasteiger partial charge in [0.15, 0.2) is 9.84 Å². The maximum Gasteiger partial charge on any atom is 0.244 e. The van der Waals surface area contributed by atoms with Crippen LogP contribution in [0.25, 0.3) is 0 Å². The fraction of sp³-hybridized carbons (Fsp3) is 0.455. The van der Waals surface area contributed by atoms with Crippen LogP contribution in [0.3, 0.4) is 0 Å². The van der Waals surface area contributed by atoms with Crippen molar-refractivity contribution in [1.29, 1.82) is 0 Å². The second kappa shape index (κ2) is 5.04. The molecule has 0 radical (unpaired) electrons. The van der Waals surface area contributed by atoms with Gasteiger partial charge in [-0.1, -0.05) is 15.9 Å². The predicted octanol–water partition coefficient (Wildman–Crippen LogP) is 1.44. The summed E-state index contributed by atoms with van der Waals surface area (Å²) in [6, 6.07) is 3.59. The fourth-order valence-electron chi connectivity index (χ4n) is 2.16. The van der Waals surface area contributed by atoms with Crippen LogP contribution in [0.2, 0.25) is 0 Å². The van der Waals surface area contributed by atoms with Gasteiger partial charge in [-0.25, -0.2) is 25.9 Å². The van der Waals surface area contributed by atoms with Gasteiger partial charge >= 0.3 is 0 Å². The van der Waals surface area contributed by atoms with E-state index in [0.717, 1.165) is 12.1 Å². The molecule has 0 aliphatic carbocycles. The molecular formula is C11H13BrFNO4S2. The van der Waals surface area contributed by atoms with Crippen LogP contribution in [0.5, 0.6) is 0 Å². The average Bonchev–Trinajstić information content (AvgIpc) is 2.50. The van der Waals surface area contributed by atoms with E-state index in [1.165, 1.54) is 13.0 Å². The number of rotatable bonds is 3. The molecule has 1 unspecified atom stereocenters. The lowest BCUT2D eigenvalue weighted by molar-refractivity contribution is 0.458. The Labute approximate surface area is 125 Å². The number of nitrogens with one attached hydrogen (secondary N) is 1. The van der Waals surface area contributed by atoms with Crippen molar-refractivity contribution < 1.29 is 21.2 Å². The Bertz CT molecular complexity index is 748. The maximum atomic E-state index is 13.7. The highest BCUT2D eigenvalue weighted by Gasteiger charge is 2.41. The van der Waals surface area contributed by atoms with E-state index < -0.39 is 36.1 Å². The summed E-state index contributed by atoms with van der Waals surface area (Å²) >= 11 is 3.04. The van der Waals surface area contributed by atoms with Gasteiger partial charge in [-0.3, -0.25) is 0 Å². The zero-order chi connectivity index (χ0) is 15.2. The van der Waals surface area contributed by atoms with Crippen molar-refractivity contribution in [2.45, 2.75) is 23.8 Å². The van der Waals surface area contributed by atoms with Gasteiger partial charge in [0, 0.05) is 10.0 Å². The largest absolute Gasteiger partial charge is 0.244 e. The van der Waals surface area contributed by atoms with Crippen LogP contribution in [0, 0.1) is 5.82 Å². The second-order valence-electron chi connectivity index (χ2n) is 5.08. The second-order valence-corrected chi connectivity index (χ2v) is 9.83. The van der Waals surface area contributed by atoms with E-state index in [9.17, 15) is 21.2 Å². The zero-order valence-electron chi connectivity index (χ0n) is 10.6. The van der Waals surface area contributed by atoms with Crippen LogP contribution in [-0.4, -0.2) is 33.9 Å². The van der Waals surface area contributed by atoms with Gasteiger partial charge in [0.1, 0.15) is 10.7 Å². The summed E-state index contributed by atoms with van der Waals surface area (Å²) in [6.45, 7) is 1.51. The molecule has 1 heterocycles. The van der Waals surface area contributed by atoms with E-state index in [-0.39, 0.29) is 17.9 Å². The van der Waals surface area contributed by atoms with Gasteiger partial charge < -0.3 is 0 Å². The standard InChI is InChI=1S/C11H13BrFNO4S2/c1-11(4-5-19(15,16)7-11)14-20(17,18)10-3-2-8(12)6-9(10)13/h2-3,6,14H,4-5,7H2,1H3. The Morgan fingerprint density at radius 2 is 2.05 bits per heavy atom. The van der Waals surface area contributed by atoms with Crippen LogP contribution in [-0.2, 0) is 19.9 Å². The van der Waals surface area contributed by atoms with Gasteiger partial charge in [0.2, 0.25) is 10.0 Å². The fourth-order valence-corrected chi connectivity index (χ4v) is 6.18. The molecule has 0 bridgehead atoms. The monoisotopic (exact) mass is 385 g/mol. The highest BCUT2D eigenvalue weighted by atomic mass is 79.9. The van der Waals surface area contributed by atoms with Crippen molar-refractivity contribution in [2.24, 2.45) is 0 Å². The van der Waals surface area contributed by atoms with Crippen molar-refractivity contribution >= 4 is 35.8 Å². The number of sulfone groups is 1. The molecule has 1 fully saturated rings. The highest BCUT2D eigenvalue weighted by Crippen LogP contribution is 2.26. The summed E-state index contributed by atoms with van der Waals surface area (Å²) in [7, 11) is -7.36. The van der Waals surface area contributed by atoms with Crippen LogP contribution in [0.15, 0.2) is 27.6 Å². The molecule has 1 aliphatic rings. The molecule has 0 spiro atoms. The molecule has 112 valence electrons. The number of hydrogen-bond acceptors (Lipinski definition) is 4. The van der Waals surface area contributed by atoms with Crippen LogP contribution in [0.4, 0.5) is 4.39 Å². The first kappa shape index (κ1) is 15.9. The third-order valence-corrected chi connectivity index (χ3v) is 7.14. The number of hydrogen-bond donors (Lipinski definition) is 1. The summed E-state index contributed by atoms with van der Waals surface area (Å²) in [6.07, 6.45) is 0.173. The third-order valence-electron chi connectivity index (χ3n) is 3.07. The molecule has 0 amide bonds. The molecule has 1 aliphatic heterocycles. The molecule has 1 aromatic carbocycles. The molecule has 20 heavy (non-hydrogen) atoms. The van der Waals surface area contributed by atoms with Crippen LogP contribution < -0.4 is 4.72 Å². The minimum absolute atomic E-state index is 0.0746. The first-order chi connectivity index (χ1) is 9.03. The molecule has 9 heteroatoms. The van der Waals surface area contributed by atoms with Crippen LogP contribution >= 0.6 is 15.9 Å². The van der Waals surface area contributed by atoms with E-state index >= 15 is 0 Å². The molecule has 0 aromatic heterocycles. The lowest BCUT2D eigenvalue weighted by Gasteiger charge is -2.23. The average molecular weight is 386 g/mol. The Balaban J connectivity index is 2.33. The first-order valence-electron chi connectivity index (χ1n) is 5.73. The van der Waals surface area contributed by atoms with Gasteiger partial charge in [-0.2, -0.15) is 0 Å². The molecule has 2 rings (SSSR count). The predicted molar refractivity (Wildman–Crippen MR) is 76.1 cm³/mol. The molecule has 1 saturated heterocycles. The van der Waals surface area contributed by atoms with Crippen molar-refractivity contribution in [3.63, 3.8) is 0 Å². The Morgan fingerprint density at radius 1 is 1.40 bits per heavy atom. The smallest absolute Gasteiger partial charge is 0.229 e. The summed E-state index contributed by atoms with van der Waals surface area (Å²) in [4.78, 5) is -0.494. The summed E-state index contributed by atoms with van der Waals surface area (Å²) in [5, 5.41) is 0. The maximum absolute atomic E-state index is 13.7. The topological polar surface area (TPSA) is 80.3 Å². The van der Waals surface area contributed by atoms with Gasteiger partial charge in [-0.05, 0) is 31.5 Å². The molecule has 0 saturated carbocycles. The summed E-state index contributed by atoms with van der Waals surface area (Å²) in [5.74, 6) is -1.25. The van der Waals surface area contributed by atoms with E-state index in [1.54, 1.807) is 0 Å². The van der Waals surface area contributed by atoms with Gasteiger partial charge in [0.25, 0.3) is 0 Å². The molecular weight excluding hydrogens is 373 g/mol. The number of benzene rings is 1. The minimum atomic E-state index is -4.11. The van der Waals surface area contributed by atoms with Gasteiger partial charge in [0.05, 0.1) is 11.5 Å². The van der Waals surface area contributed by atoms with Gasteiger partial charge in [-0.15, -0.1) is 0 Å². The third kappa shape index (κ3) is 3.38. The normalized spacial score (nSPS) is 25.8. The van der Waals surface area contributed by atoms with Crippen molar-refractivity contribution in [1.82, 2.24) is 4.72 Å². The van der Waals surface area contributed by atoms with E-state index in [4.69, 9.17) is 0 Å². The first-order valence-corrected chi connectivity index (χ1v) is 9.82. The minimum Gasteiger partial charge on any atom is -0.229 e. The molecule has 1 N–H and O–H groups in total. The molecule has 5 nitrogen and oxygen atoms in total. The van der Waals surface area contributed by atoms with Crippen LogP contribution in [0.1, 0.15) is 13.3 Å².